The molecule has 0 aliphatic carbocycles. The molecule has 0 amide bonds. The molecule has 1 aromatic rings. The van der Waals surface area contributed by atoms with E-state index in [1.807, 2.05) is 19.1 Å². The molecule has 0 bridgehead atoms. The molecule has 20 heavy (non-hydrogen) atoms. The molecule has 1 unspecified atom stereocenters. The minimum absolute atomic E-state index is 0.0865. The standard InChI is InChI=1S/C16H26ClNO2/c1-11(18)8-12-9-13(17)15(14(10-12)19-5)20-7-6-16(2,3)4/h9-11H,6-8,18H2,1-5H3. The summed E-state index contributed by atoms with van der Waals surface area (Å²) in [6.07, 6.45) is 1.71. The average Bonchev–Trinajstić information content (AvgIpc) is 2.29. The minimum Gasteiger partial charge on any atom is -0.493 e. The molecule has 0 radical (unpaired) electrons. The molecule has 0 spiro atoms. The van der Waals surface area contributed by atoms with Crippen molar-refractivity contribution in [3.63, 3.8) is 0 Å². The van der Waals surface area contributed by atoms with Gasteiger partial charge in [-0.25, -0.2) is 0 Å². The third-order valence-corrected chi connectivity index (χ3v) is 3.23. The SMILES string of the molecule is COc1cc(CC(C)N)cc(Cl)c1OCCC(C)(C)C. The molecule has 0 aromatic heterocycles. The maximum absolute atomic E-state index is 6.30. The third kappa shape index (κ3) is 5.59. The maximum Gasteiger partial charge on any atom is 0.179 e. The lowest BCUT2D eigenvalue weighted by Crippen LogP contribution is -2.18. The molecule has 0 fully saturated rings. The molecule has 0 saturated carbocycles. The molecule has 3 nitrogen and oxygen atoms in total. The Morgan fingerprint density at radius 2 is 1.95 bits per heavy atom. The fraction of sp³-hybridized carbons (Fsp3) is 0.625. The van der Waals surface area contributed by atoms with E-state index in [0.29, 0.717) is 23.1 Å². The molecular formula is C16H26ClNO2. The van der Waals surface area contributed by atoms with E-state index in [0.717, 1.165) is 18.4 Å². The van der Waals surface area contributed by atoms with Gasteiger partial charge in [-0.3, -0.25) is 0 Å². The van der Waals surface area contributed by atoms with Crippen LogP contribution in [0, 0.1) is 5.41 Å². The van der Waals surface area contributed by atoms with Gasteiger partial charge < -0.3 is 15.2 Å². The van der Waals surface area contributed by atoms with E-state index in [4.69, 9.17) is 26.8 Å². The van der Waals surface area contributed by atoms with Crippen molar-refractivity contribution in [1.82, 2.24) is 0 Å². The van der Waals surface area contributed by atoms with Crippen LogP contribution in [-0.4, -0.2) is 19.8 Å². The molecule has 0 aliphatic heterocycles. The predicted molar refractivity (Wildman–Crippen MR) is 84.9 cm³/mol. The number of methoxy groups -OCH3 is 1. The summed E-state index contributed by atoms with van der Waals surface area (Å²) < 4.78 is 11.2. The zero-order valence-corrected chi connectivity index (χ0v) is 13.9. The minimum atomic E-state index is 0.0865. The van der Waals surface area contributed by atoms with E-state index < -0.39 is 0 Å². The van der Waals surface area contributed by atoms with E-state index in [9.17, 15) is 0 Å². The molecule has 0 aliphatic rings. The fourth-order valence-electron chi connectivity index (χ4n) is 1.86. The Morgan fingerprint density at radius 3 is 2.45 bits per heavy atom. The lowest BCUT2D eigenvalue weighted by molar-refractivity contribution is 0.234. The number of rotatable bonds is 6. The van der Waals surface area contributed by atoms with Crippen LogP contribution in [0.3, 0.4) is 0 Å². The predicted octanol–water partition coefficient (Wildman–Crippen LogP) is 4.05. The Labute approximate surface area is 127 Å². The van der Waals surface area contributed by atoms with Gasteiger partial charge in [0.2, 0.25) is 0 Å². The van der Waals surface area contributed by atoms with Crippen molar-refractivity contribution in [3.8, 4) is 11.5 Å². The van der Waals surface area contributed by atoms with Crippen molar-refractivity contribution in [2.24, 2.45) is 11.1 Å². The quantitative estimate of drug-likeness (QED) is 0.861. The van der Waals surface area contributed by atoms with Gasteiger partial charge in [0.25, 0.3) is 0 Å². The Balaban J connectivity index is 2.85. The molecule has 1 rings (SSSR count). The largest absolute Gasteiger partial charge is 0.493 e. The van der Waals surface area contributed by atoms with Crippen LogP contribution >= 0.6 is 11.6 Å². The second-order valence-electron chi connectivity index (χ2n) is 6.45. The van der Waals surface area contributed by atoms with Crippen molar-refractivity contribution in [1.29, 1.82) is 0 Å². The summed E-state index contributed by atoms with van der Waals surface area (Å²) in [5.74, 6) is 1.29. The smallest absolute Gasteiger partial charge is 0.179 e. The van der Waals surface area contributed by atoms with Crippen molar-refractivity contribution < 1.29 is 9.47 Å². The third-order valence-electron chi connectivity index (χ3n) is 2.95. The summed E-state index contributed by atoms with van der Waals surface area (Å²) in [6, 6.07) is 3.94. The highest BCUT2D eigenvalue weighted by Crippen LogP contribution is 2.37. The normalized spacial score (nSPS) is 13.2. The van der Waals surface area contributed by atoms with E-state index >= 15 is 0 Å². The van der Waals surface area contributed by atoms with Gasteiger partial charge in [0, 0.05) is 6.04 Å². The van der Waals surface area contributed by atoms with Gasteiger partial charge in [-0.15, -0.1) is 0 Å². The monoisotopic (exact) mass is 299 g/mol. The average molecular weight is 300 g/mol. The van der Waals surface area contributed by atoms with E-state index in [2.05, 4.69) is 20.8 Å². The second kappa shape index (κ2) is 7.19. The van der Waals surface area contributed by atoms with E-state index in [-0.39, 0.29) is 11.5 Å². The van der Waals surface area contributed by atoms with Crippen molar-refractivity contribution in [2.75, 3.05) is 13.7 Å². The topological polar surface area (TPSA) is 44.5 Å². The van der Waals surface area contributed by atoms with Crippen LogP contribution in [0.4, 0.5) is 0 Å². The van der Waals surface area contributed by atoms with Crippen molar-refractivity contribution in [2.45, 2.75) is 46.6 Å². The summed E-state index contributed by atoms with van der Waals surface area (Å²) in [7, 11) is 1.62. The molecule has 114 valence electrons. The number of hydrogen-bond donors (Lipinski definition) is 1. The summed E-state index contributed by atoms with van der Waals surface area (Å²) in [5, 5.41) is 0.578. The highest BCUT2D eigenvalue weighted by molar-refractivity contribution is 6.32. The molecule has 0 heterocycles. The Hall–Kier alpha value is -0.930. The van der Waals surface area contributed by atoms with Gasteiger partial charge in [-0.05, 0) is 42.9 Å². The first-order valence-electron chi connectivity index (χ1n) is 6.97. The summed E-state index contributed by atoms with van der Waals surface area (Å²) in [5.41, 5.74) is 7.11. The zero-order valence-electron chi connectivity index (χ0n) is 13.1. The van der Waals surface area contributed by atoms with Crippen LogP contribution in [0.1, 0.15) is 39.7 Å². The highest BCUT2D eigenvalue weighted by Gasteiger charge is 2.15. The first kappa shape index (κ1) is 17.1. The number of ether oxygens (including phenoxy) is 2. The van der Waals surface area contributed by atoms with Crippen molar-refractivity contribution >= 4 is 11.6 Å². The molecule has 1 atom stereocenters. The van der Waals surface area contributed by atoms with Crippen LogP contribution in [-0.2, 0) is 6.42 Å². The summed E-state index contributed by atoms with van der Waals surface area (Å²) in [6.45, 7) is 9.13. The summed E-state index contributed by atoms with van der Waals surface area (Å²) in [4.78, 5) is 0. The van der Waals surface area contributed by atoms with Gasteiger partial charge in [-0.1, -0.05) is 32.4 Å². The Bertz CT molecular complexity index is 439. The lowest BCUT2D eigenvalue weighted by atomic mass is 9.93. The van der Waals surface area contributed by atoms with Crippen LogP contribution in [0.25, 0.3) is 0 Å². The molecular weight excluding hydrogens is 274 g/mol. The molecule has 0 saturated heterocycles. The Kier molecular flexibility index (Phi) is 6.15. The highest BCUT2D eigenvalue weighted by atomic mass is 35.5. The lowest BCUT2D eigenvalue weighted by Gasteiger charge is -2.20. The van der Waals surface area contributed by atoms with Gasteiger partial charge in [0.1, 0.15) is 0 Å². The molecule has 1 aromatic carbocycles. The van der Waals surface area contributed by atoms with Crippen molar-refractivity contribution in [3.05, 3.63) is 22.7 Å². The maximum atomic E-state index is 6.30. The van der Waals surface area contributed by atoms with Gasteiger partial charge in [-0.2, -0.15) is 0 Å². The number of benzene rings is 1. The fourth-order valence-corrected chi connectivity index (χ4v) is 2.15. The molecule has 4 heteroatoms. The van der Waals surface area contributed by atoms with E-state index in [1.165, 1.54) is 0 Å². The molecule has 2 N–H and O–H groups in total. The Morgan fingerprint density at radius 1 is 1.30 bits per heavy atom. The number of hydrogen-bond acceptors (Lipinski definition) is 3. The first-order valence-corrected chi connectivity index (χ1v) is 7.35. The van der Waals surface area contributed by atoms with E-state index in [1.54, 1.807) is 7.11 Å². The summed E-state index contributed by atoms with van der Waals surface area (Å²) >= 11 is 6.30. The van der Waals surface area contributed by atoms with Gasteiger partial charge in [0.05, 0.1) is 18.7 Å². The van der Waals surface area contributed by atoms with Crippen LogP contribution in [0.5, 0.6) is 11.5 Å². The second-order valence-corrected chi connectivity index (χ2v) is 6.86. The number of nitrogens with two attached hydrogens (primary N) is 1. The zero-order chi connectivity index (χ0) is 15.3. The van der Waals surface area contributed by atoms with Crippen LogP contribution in [0.2, 0.25) is 5.02 Å². The van der Waals surface area contributed by atoms with Crippen LogP contribution in [0.15, 0.2) is 12.1 Å². The van der Waals surface area contributed by atoms with Gasteiger partial charge >= 0.3 is 0 Å². The first-order chi connectivity index (χ1) is 9.23. The number of halogens is 1. The van der Waals surface area contributed by atoms with Crippen LogP contribution < -0.4 is 15.2 Å². The van der Waals surface area contributed by atoms with Gasteiger partial charge in [0.15, 0.2) is 11.5 Å².